The molecule has 4 nitrogen and oxygen atoms in total. The molecule has 5 heteroatoms. The van der Waals surface area contributed by atoms with Crippen molar-refractivity contribution in [1.82, 2.24) is 10.2 Å². The summed E-state index contributed by atoms with van der Waals surface area (Å²) in [6.07, 6.45) is 7.89. The van der Waals surface area contributed by atoms with Crippen LogP contribution in [0.1, 0.15) is 45.4 Å². The molecule has 1 spiro atoms. The first-order valence-electron chi connectivity index (χ1n) is 7.23. The number of rotatable bonds is 5. The van der Waals surface area contributed by atoms with E-state index in [-0.39, 0.29) is 17.9 Å². The molecule has 0 aromatic carbocycles. The number of thioether (sulfide) groups is 1. The molecule has 0 aromatic heterocycles. The first-order chi connectivity index (χ1) is 9.10. The van der Waals surface area contributed by atoms with Crippen molar-refractivity contribution in [2.24, 2.45) is 0 Å². The smallest absolute Gasteiger partial charge is 0.248 e. The van der Waals surface area contributed by atoms with E-state index in [1.165, 1.54) is 0 Å². The standard InChI is InChI=1S/C14H24N2O2S/c1-11-12(17)15-14(7-3-4-8-14)13(18)16(11)9-5-6-10-19-2/h11H,3-10H2,1-2H3,(H,15,17). The van der Waals surface area contributed by atoms with Gasteiger partial charge in [-0.25, -0.2) is 0 Å². The van der Waals surface area contributed by atoms with E-state index in [1.54, 1.807) is 0 Å². The van der Waals surface area contributed by atoms with Gasteiger partial charge in [0, 0.05) is 6.54 Å². The summed E-state index contributed by atoms with van der Waals surface area (Å²) in [6, 6.07) is -0.312. The average molecular weight is 284 g/mol. The third-order valence-corrected chi connectivity index (χ3v) is 5.03. The predicted molar refractivity (Wildman–Crippen MR) is 78.1 cm³/mol. The Kier molecular flexibility index (Phi) is 4.76. The summed E-state index contributed by atoms with van der Waals surface area (Å²) in [4.78, 5) is 26.6. The molecular formula is C14H24N2O2S. The molecule has 2 aliphatic rings. The Morgan fingerprint density at radius 1 is 1.32 bits per heavy atom. The van der Waals surface area contributed by atoms with Gasteiger partial charge in [0.15, 0.2) is 0 Å². The minimum atomic E-state index is -0.566. The Morgan fingerprint density at radius 2 is 2.00 bits per heavy atom. The van der Waals surface area contributed by atoms with Crippen molar-refractivity contribution in [3.63, 3.8) is 0 Å². The Labute approximate surface area is 119 Å². The number of hydrogen-bond acceptors (Lipinski definition) is 3. The number of amides is 2. The van der Waals surface area contributed by atoms with Gasteiger partial charge < -0.3 is 10.2 Å². The highest BCUT2D eigenvalue weighted by Crippen LogP contribution is 2.34. The van der Waals surface area contributed by atoms with Crippen LogP contribution in [0.15, 0.2) is 0 Å². The highest BCUT2D eigenvalue weighted by molar-refractivity contribution is 7.98. The van der Waals surface area contributed by atoms with Crippen molar-refractivity contribution in [3.05, 3.63) is 0 Å². The molecule has 1 saturated carbocycles. The lowest BCUT2D eigenvalue weighted by Crippen LogP contribution is -2.68. The highest BCUT2D eigenvalue weighted by Gasteiger charge is 2.50. The van der Waals surface area contributed by atoms with Gasteiger partial charge in [0.2, 0.25) is 11.8 Å². The molecule has 1 heterocycles. The number of carbonyl (C=O) groups excluding carboxylic acids is 2. The van der Waals surface area contributed by atoms with Gasteiger partial charge in [0.25, 0.3) is 0 Å². The summed E-state index contributed by atoms with van der Waals surface area (Å²) >= 11 is 1.83. The summed E-state index contributed by atoms with van der Waals surface area (Å²) in [5.74, 6) is 1.29. The molecular weight excluding hydrogens is 260 g/mol. The number of piperazine rings is 1. The molecule has 1 N–H and O–H groups in total. The molecule has 108 valence electrons. The van der Waals surface area contributed by atoms with Crippen LogP contribution >= 0.6 is 11.8 Å². The van der Waals surface area contributed by atoms with Gasteiger partial charge in [0.1, 0.15) is 11.6 Å². The first kappa shape index (κ1) is 14.7. The molecule has 0 bridgehead atoms. The number of carbonyl (C=O) groups is 2. The van der Waals surface area contributed by atoms with Crippen LogP contribution in [-0.4, -0.2) is 46.8 Å². The van der Waals surface area contributed by atoms with Crippen LogP contribution in [0.2, 0.25) is 0 Å². The lowest BCUT2D eigenvalue weighted by atomic mass is 9.91. The summed E-state index contributed by atoms with van der Waals surface area (Å²) in [5.41, 5.74) is -0.566. The second-order valence-corrected chi connectivity index (χ2v) is 6.64. The minimum Gasteiger partial charge on any atom is -0.340 e. The normalized spacial score (nSPS) is 26.0. The van der Waals surface area contributed by atoms with Crippen LogP contribution in [0, 0.1) is 0 Å². The first-order valence-corrected chi connectivity index (χ1v) is 8.62. The summed E-state index contributed by atoms with van der Waals surface area (Å²) < 4.78 is 0. The monoisotopic (exact) mass is 284 g/mol. The maximum absolute atomic E-state index is 12.7. The third-order valence-electron chi connectivity index (χ3n) is 4.33. The van der Waals surface area contributed by atoms with Gasteiger partial charge in [-0.05, 0) is 44.6 Å². The number of nitrogens with one attached hydrogen (secondary N) is 1. The zero-order chi connectivity index (χ0) is 13.9. The molecule has 2 rings (SSSR count). The van der Waals surface area contributed by atoms with E-state index in [0.717, 1.165) is 50.8 Å². The molecule has 19 heavy (non-hydrogen) atoms. The molecule has 2 amide bonds. The Balaban J connectivity index is 2.02. The van der Waals surface area contributed by atoms with Crippen molar-refractivity contribution >= 4 is 23.6 Å². The molecule has 1 unspecified atom stereocenters. The predicted octanol–water partition coefficient (Wildman–Crippen LogP) is 1.79. The van der Waals surface area contributed by atoms with Crippen LogP contribution in [0.4, 0.5) is 0 Å². The van der Waals surface area contributed by atoms with Crippen molar-refractivity contribution < 1.29 is 9.59 Å². The third kappa shape index (κ3) is 2.91. The minimum absolute atomic E-state index is 0.0198. The fourth-order valence-electron chi connectivity index (χ4n) is 3.13. The van der Waals surface area contributed by atoms with Crippen LogP contribution in [0.3, 0.4) is 0 Å². The molecule has 0 radical (unpaired) electrons. The topological polar surface area (TPSA) is 49.4 Å². The molecule has 0 aromatic rings. The van der Waals surface area contributed by atoms with Crippen LogP contribution in [0.25, 0.3) is 0 Å². The second-order valence-electron chi connectivity index (χ2n) is 5.65. The largest absolute Gasteiger partial charge is 0.340 e. The van der Waals surface area contributed by atoms with Crippen molar-refractivity contribution in [1.29, 1.82) is 0 Å². The van der Waals surface area contributed by atoms with E-state index < -0.39 is 5.54 Å². The Morgan fingerprint density at radius 3 is 2.63 bits per heavy atom. The summed E-state index contributed by atoms with van der Waals surface area (Å²) in [6.45, 7) is 2.55. The lowest BCUT2D eigenvalue weighted by Gasteiger charge is -2.43. The highest BCUT2D eigenvalue weighted by atomic mass is 32.2. The van der Waals surface area contributed by atoms with Gasteiger partial charge in [-0.2, -0.15) is 11.8 Å². The molecule has 1 saturated heterocycles. The quantitative estimate of drug-likeness (QED) is 0.783. The van der Waals surface area contributed by atoms with E-state index in [0.29, 0.717) is 0 Å². The number of nitrogens with zero attached hydrogens (tertiary/aromatic N) is 1. The molecule has 2 fully saturated rings. The van der Waals surface area contributed by atoms with Gasteiger partial charge >= 0.3 is 0 Å². The number of hydrogen-bond donors (Lipinski definition) is 1. The molecule has 1 aliphatic carbocycles. The van der Waals surface area contributed by atoms with E-state index in [4.69, 9.17) is 0 Å². The van der Waals surface area contributed by atoms with E-state index >= 15 is 0 Å². The Bertz CT molecular complexity index is 353. The fraction of sp³-hybridized carbons (Fsp3) is 0.857. The zero-order valence-corrected chi connectivity index (χ0v) is 12.7. The van der Waals surface area contributed by atoms with Crippen molar-refractivity contribution in [2.45, 2.75) is 57.0 Å². The molecule has 1 aliphatic heterocycles. The van der Waals surface area contributed by atoms with Gasteiger partial charge in [-0.15, -0.1) is 0 Å². The maximum Gasteiger partial charge on any atom is 0.248 e. The van der Waals surface area contributed by atoms with Gasteiger partial charge in [0.05, 0.1) is 0 Å². The van der Waals surface area contributed by atoms with E-state index in [2.05, 4.69) is 11.6 Å². The van der Waals surface area contributed by atoms with Gasteiger partial charge in [-0.3, -0.25) is 9.59 Å². The van der Waals surface area contributed by atoms with E-state index in [1.807, 2.05) is 23.6 Å². The van der Waals surface area contributed by atoms with Crippen molar-refractivity contribution in [2.75, 3.05) is 18.6 Å². The molecule has 1 atom stereocenters. The van der Waals surface area contributed by atoms with Crippen LogP contribution in [-0.2, 0) is 9.59 Å². The SMILES string of the molecule is CSCCCCN1C(=O)C2(CCCC2)NC(=O)C1C. The Hall–Kier alpha value is -0.710. The van der Waals surface area contributed by atoms with Crippen LogP contribution in [0.5, 0.6) is 0 Å². The number of unbranched alkanes of at least 4 members (excludes halogenated alkanes) is 1. The summed E-state index contributed by atoms with van der Waals surface area (Å²) in [5, 5.41) is 2.99. The second kappa shape index (κ2) is 6.16. The van der Waals surface area contributed by atoms with E-state index in [9.17, 15) is 9.59 Å². The maximum atomic E-state index is 12.7. The van der Waals surface area contributed by atoms with Gasteiger partial charge in [-0.1, -0.05) is 12.8 Å². The lowest BCUT2D eigenvalue weighted by molar-refractivity contribution is -0.154. The average Bonchev–Trinajstić information content (AvgIpc) is 2.85. The zero-order valence-electron chi connectivity index (χ0n) is 11.9. The summed E-state index contributed by atoms with van der Waals surface area (Å²) in [7, 11) is 0. The van der Waals surface area contributed by atoms with Crippen LogP contribution < -0.4 is 5.32 Å². The fourth-order valence-corrected chi connectivity index (χ4v) is 3.62. The van der Waals surface area contributed by atoms with Crippen molar-refractivity contribution in [3.8, 4) is 0 Å².